The second kappa shape index (κ2) is 7.21. The lowest BCUT2D eigenvalue weighted by Gasteiger charge is -2.21. The zero-order valence-electron chi connectivity index (χ0n) is 11.5. The molecule has 1 heterocycles. The standard InChI is InChI=1S/C14H22N4O/c1-2-3-9-17(10-6-11-19)12-18-14-8-5-4-7-13(14)15-16-18/h4-5,7-8,19H,2-3,6,9-12H2,1H3. The maximum Gasteiger partial charge on any atom is 0.113 e. The van der Waals surface area contributed by atoms with E-state index in [4.69, 9.17) is 5.11 Å². The number of aliphatic hydroxyl groups excluding tert-OH is 1. The van der Waals surface area contributed by atoms with Gasteiger partial charge < -0.3 is 5.11 Å². The highest BCUT2D eigenvalue weighted by Crippen LogP contribution is 2.11. The van der Waals surface area contributed by atoms with Crippen LogP contribution in [0.1, 0.15) is 26.2 Å². The Kier molecular flexibility index (Phi) is 5.30. The predicted octanol–water partition coefficient (Wildman–Crippen LogP) is 1.87. The molecule has 5 heteroatoms. The van der Waals surface area contributed by atoms with Gasteiger partial charge in [0.15, 0.2) is 0 Å². The van der Waals surface area contributed by atoms with Crippen molar-refractivity contribution in [3.8, 4) is 0 Å². The quantitative estimate of drug-likeness (QED) is 0.789. The molecule has 0 fully saturated rings. The molecule has 104 valence electrons. The Hall–Kier alpha value is -1.46. The van der Waals surface area contributed by atoms with E-state index in [2.05, 4.69) is 22.1 Å². The van der Waals surface area contributed by atoms with Crippen LogP contribution in [0, 0.1) is 0 Å². The predicted molar refractivity (Wildman–Crippen MR) is 75.7 cm³/mol. The van der Waals surface area contributed by atoms with Crippen LogP contribution in [0.5, 0.6) is 0 Å². The Morgan fingerprint density at radius 2 is 2.00 bits per heavy atom. The molecule has 0 unspecified atom stereocenters. The molecule has 1 aromatic heterocycles. The largest absolute Gasteiger partial charge is 0.396 e. The van der Waals surface area contributed by atoms with Gasteiger partial charge in [0.1, 0.15) is 5.52 Å². The van der Waals surface area contributed by atoms with Crippen molar-refractivity contribution >= 4 is 11.0 Å². The molecule has 0 bridgehead atoms. The van der Waals surface area contributed by atoms with Gasteiger partial charge in [-0.25, -0.2) is 4.68 Å². The molecule has 0 aliphatic rings. The van der Waals surface area contributed by atoms with Gasteiger partial charge in [-0.15, -0.1) is 5.10 Å². The second-order valence-electron chi connectivity index (χ2n) is 4.77. The van der Waals surface area contributed by atoms with Crippen LogP contribution < -0.4 is 0 Å². The first-order valence-corrected chi connectivity index (χ1v) is 6.96. The summed E-state index contributed by atoms with van der Waals surface area (Å²) in [5.74, 6) is 0. The molecular weight excluding hydrogens is 240 g/mol. The molecular formula is C14H22N4O. The van der Waals surface area contributed by atoms with Crippen molar-refractivity contribution in [3.63, 3.8) is 0 Å². The molecule has 0 aliphatic carbocycles. The summed E-state index contributed by atoms with van der Waals surface area (Å²) in [5, 5.41) is 17.4. The fraction of sp³-hybridized carbons (Fsp3) is 0.571. The number of fused-ring (bicyclic) bond motifs is 1. The van der Waals surface area contributed by atoms with Crippen LogP contribution in [-0.4, -0.2) is 44.7 Å². The van der Waals surface area contributed by atoms with Gasteiger partial charge in [0.2, 0.25) is 0 Å². The van der Waals surface area contributed by atoms with Crippen LogP contribution in [0.4, 0.5) is 0 Å². The number of nitrogens with zero attached hydrogens (tertiary/aromatic N) is 4. The zero-order valence-corrected chi connectivity index (χ0v) is 11.5. The van der Waals surface area contributed by atoms with Crippen molar-refractivity contribution < 1.29 is 5.11 Å². The molecule has 0 saturated carbocycles. The monoisotopic (exact) mass is 262 g/mol. The van der Waals surface area contributed by atoms with Crippen molar-refractivity contribution in [2.45, 2.75) is 32.9 Å². The highest BCUT2D eigenvalue weighted by atomic mass is 16.3. The van der Waals surface area contributed by atoms with E-state index in [0.717, 1.165) is 43.6 Å². The summed E-state index contributed by atoms with van der Waals surface area (Å²) in [5.41, 5.74) is 1.99. The van der Waals surface area contributed by atoms with Crippen molar-refractivity contribution in [1.29, 1.82) is 0 Å². The normalized spacial score (nSPS) is 11.5. The van der Waals surface area contributed by atoms with Gasteiger partial charge in [-0.2, -0.15) is 0 Å². The van der Waals surface area contributed by atoms with Gasteiger partial charge in [-0.1, -0.05) is 30.7 Å². The van der Waals surface area contributed by atoms with E-state index >= 15 is 0 Å². The summed E-state index contributed by atoms with van der Waals surface area (Å²) >= 11 is 0. The number of aliphatic hydroxyl groups is 1. The second-order valence-corrected chi connectivity index (χ2v) is 4.77. The van der Waals surface area contributed by atoms with E-state index in [1.165, 1.54) is 6.42 Å². The van der Waals surface area contributed by atoms with E-state index in [1.807, 2.05) is 28.9 Å². The van der Waals surface area contributed by atoms with Gasteiger partial charge in [-0.05, 0) is 31.5 Å². The topological polar surface area (TPSA) is 54.2 Å². The zero-order chi connectivity index (χ0) is 13.5. The number of unbranched alkanes of at least 4 members (excludes halogenated alkanes) is 1. The molecule has 0 aliphatic heterocycles. The van der Waals surface area contributed by atoms with Gasteiger partial charge in [-0.3, -0.25) is 4.90 Å². The first-order chi connectivity index (χ1) is 9.35. The van der Waals surface area contributed by atoms with Crippen LogP contribution in [0.3, 0.4) is 0 Å². The maximum atomic E-state index is 8.98. The Morgan fingerprint density at radius 3 is 2.79 bits per heavy atom. The fourth-order valence-electron chi connectivity index (χ4n) is 2.14. The van der Waals surface area contributed by atoms with Crippen LogP contribution in [-0.2, 0) is 6.67 Å². The first-order valence-electron chi connectivity index (χ1n) is 6.96. The molecule has 2 rings (SSSR count). The maximum absolute atomic E-state index is 8.98. The van der Waals surface area contributed by atoms with Gasteiger partial charge in [0.25, 0.3) is 0 Å². The molecule has 0 atom stereocenters. The summed E-state index contributed by atoms with van der Waals surface area (Å²) in [7, 11) is 0. The Balaban J connectivity index is 2.06. The summed E-state index contributed by atoms with van der Waals surface area (Å²) in [4.78, 5) is 2.32. The first kappa shape index (κ1) is 14.0. The minimum atomic E-state index is 0.237. The van der Waals surface area contributed by atoms with Crippen molar-refractivity contribution in [1.82, 2.24) is 19.9 Å². The van der Waals surface area contributed by atoms with Crippen LogP contribution in [0.2, 0.25) is 0 Å². The number of hydrogen-bond acceptors (Lipinski definition) is 4. The van der Waals surface area contributed by atoms with Gasteiger partial charge >= 0.3 is 0 Å². The average Bonchev–Trinajstić information content (AvgIpc) is 2.85. The fourth-order valence-corrected chi connectivity index (χ4v) is 2.14. The summed E-state index contributed by atoms with van der Waals surface area (Å²) in [6.45, 7) is 5.09. The van der Waals surface area contributed by atoms with Gasteiger partial charge in [0, 0.05) is 13.2 Å². The SMILES string of the molecule is CCCCN(CCCO)Cn1nnc2ccccc21. The Labute approximate surface area is 113 Å². The highest BCUT2D eigenvalue weighted by molar-refractivity contribution is 5.73. The highest BCUT2D eigenvalue weighted by Gasteiger charge is 2.08. The molecule has 0 saturated heterocycles. The Morgan fingerprint density at radius 1 is 1.21 bits per heavy atom. The molecule has 0 radical (unpaired) electrons. The molecule has 2 aromatic rings. The molecule has 1 aromatic carbocycles. The minimum absolute atomic E-state index is 0.237. The minimum Gasteiger partial charge on any atom is -0.396 e. The van der Waals surface area contributed by atoms with Crippen molar-refractivity contribution in [2.24, 2.45) is 0 Å². The van der Waals surface area contributed by atoms with Crippen LogP contribution in [0.25, 0.3) is 11.0 Å². The van der Waals surface area contributed by atoms with Crippen LogP contribution in [0.15, 0.2) is 24.3 Å². The van der Waals surface area contributed by atoms with E-state index in [0.29, 0.717) is 0 Å². The third-order valence-electron chi connectivity index (χ3n) is 3.21. The lowest BCUT2D eigenvalue weighted by Crippen LogP contribution is -2.29. The van der Waals surface area contributed by atoms with E-state index in [-0.39, 0.29) is 6.61 Å². The Bertz CT molecular complexity index is 489. The number of para-hydroxylation sites is 1. The lowest BCUT2D eigenvalue weighted by molar-refractivity contribution is 0.181. The molecule has 5 nitrogen and oxygen atoms in total. The molecule has 0 amide bonds. The number of benzene rings is 1. The number of hydrogen-bond donors (Lipinski definition) is 1. The average molecular weight is 262 g/mol. The van der Waals surface area contributed by atoms with Crippen molar-refractivity contribution in [3.05, 3.63) is 24.3 Å². The number of rotatable bonds is 8. The van der Waals surface area contributed by atoms with E-state index in [9.17, 15) is 0 Å². The third-order valence-corrected chi connectivity index (χ3v) is 3.21. The van der Waals surface area contributed by atoms with E-state index < -0.39 is 0 Å². The molecule has 0 spiro atoms. The molecule has 1 N–H and O–H groups in total. The number of aromatic nitrogens is 3. The lowest BCUT2D eigenvalue weighted by atomic mass is 10.3. The smallest absolute Gasteiger partial charge is 0.113 e. The van der Waals surface area contributed by atoms with Crippen molar-refractivity contribution in [2.75, 3.05) is 19.7 Å². The third kappa shape index (κ3) is 3.75. The summed E-state index contributed by atoms with van der Waals surface area (Å²) < 4.78 is 1.93. The summed E-state index contributed by atoms with van der Waals surface area (Å²) in [6.07, 6.45) is 3.14. The molecule has 19 heavy (non-hydrogen) atoms. The van der Waals surface area contributed by atoms with E-state index in [1.54, 1.807) is 0 Å². The van der Waals surface area contributed by atoms with Gasteiger partial charge in [0.05, 0.1) is 12.2 Å². The van der Waals surface area contributed by atoms with Crippen LogP contribution >= 0.6 is 0 Å². The summed E-state index contributed by atoms with van der Waals surface area (Å²) in [6, 6.07) is 8.00.